The summed E-state index contributed by atoms with van der Waals surface area (Å²) in [6.45, 7) is 3.66. The zero-order valence-corrected chi connectivity index (χ0v) is 24.8. The molecule has 4 aromatic rings. The van der Waals surface area contributed by atoms with Gasteiger partial charge < -0.3 is 24.1 Å². The lowest BCUT2D eigenvalue weighted by molar-refractivity contribution is -0.274. The Kier molecular flexibility index (Phi) is 6.89. The number of fused-ring (bicyclic) bond motifs is 4. The van der Waals surface area contributed by atoms with Gasteiger partial charge in [-0.25, -0.2) is 9.97 Å². The third-order valence-electron chi connectivity index (χ3n) is 7.21. The lowest BCUT2D eigenvalue weighted by Crippen LogP contribution is -2.51. The van der Waals surface area contributed by atoms with E-state index < -0.39 is 40.5 Å². The number of alkyl halides is 3. The number of halogens is 5. The van der Waals surface area contributed by atoms with Crippen molar-refractivity contribution in [2.24, 2.45) is 0 Å². The van der Waals surface area contributed by atoms with Crippen LogP contribution in [0, 0.1) is 0 Å². The van der Waals surface area contributed by atoms with Crippen LogP contribution in [-0.4, -0.2) is 51.9 Å². The predicted octanol–water partition coefficient (Wildman–Crippen LogP) is 6.00. The van der Waals surface area contributed by atoms with Crippen molar-refractivity contribution in [1.82, 2.24) is 19.5 Å². The molecule has 0 saturated heterocycles. The molecular weight excluding hydrogens is 628 g/mol. The summed E-state index contributed by atoms with van der Waals surface area (Å²) in [6.07, 6.45) is -3.57. The summed E-state index contributed by atoms with van der Waals surface area (Å²) in [5, 5.41) is 2.70. The van der Waals surface area contributed by atoms with Gasteiger partial charge in [-0.2, -0.15) is 4.98 Å². The normalized spacial score (nSPS) is 17.3. The molecule has 2 amide bonds. The number of hydrogen-bond acceptors (Lipinski definition) is 8. The molecule has 16 heteroatoms. The van der Waals surface area contributed by atoms with E-state index in [2.05, 4.69) is 20.0 Å². The number of rotatable bonds is 6. The van der Waals surface area contributed by atoms with Crippen LogP contribution in [0.1, 0.15) is 41.6 Å². The minimum Gasteiger partial charge on any atom is -0.480 e. The molecule has 44 heavy (non-hydrogen) atoms. The molecule has 4 heterocycles. The van der Waals surface area contributed by atoms with E-state index in [1.54, 1.807) is 16.7 Å². The maximum atomic E-state index is 14.4. The summed E-state index contributed by atoms with van der Waals surface area (Å²) < 4.78 is 55.2. The van der Waals surface area contributed by atoms with Gasteiger partial charge in [-0.3, -0.25) is 14.5 Å². The highest BCUT2D eigenvalue weighted by atomic mass is 35.5. The first kappa shape index (κ1) is 29.5. The fourth-order valence-corrected chi connectivity index (χ4v) is 6.00. The number of nitrogens with zero attached hydrogens (tertiary/aromatic N) is 5. The monoisotopic (exact) mass is 648 g/mol. The Morgan fingerprint density at radius 1 is 1.02 bits per heavy atom. The van der Waals surface area contributed by atoms with Crippen LogP contribution in [0.2, 0.25) is 10.0 Å². The molecule has 0 unspecified atom stereocenters. The van der Waals surface area contributed by atoms with Gasteiger partial charge in [-0.1, -0.05) is 29.3 Å². The Bertz CT molecular complexity index is 1860. The minimum atomic E-state index is -5.00. The third kappa shape index (κ3) is 4.31. The van der Waals surface area contributed by atoms with E-state index in [1.807, 2.05) is 13.8 Å². The standard InChI is InChI=1S/C28H21Cl2F3N6O5/c1-12(2)38-21-20(36-22(38)15-11-34-26(43-4)37-23(15)42-3)24(40)39(14-6-8-19(17(30)10-14)44-28(31,32)33)27(21)16-7-5-13(29)9-18(16)35-25(27)41/h5-12H,1-4H3,(H,35,41)/t27-/m0/s1. The first-order valence-corrected chi connectivity index (χ1v) is 13.7. The van der Waals surface area contributed by atoms with E-state index in [1.165, 1.54) is 32.5 Å². The third-order valence-corrected chi connectivity index (χ3v) is 7.74. The van der Waals surface area contributed by atoms with E-state index in [0.29, 0.717) is 21.8 Å². The number of carbonyl (C=O) groups is 2. The number of hydrogen-bond donors (Lipinski definition) is 1. The minimum absolute atomic E-state index is 0.0210. The molecule has 0 aliphatic carbocycles. The lowest BCUT2D eigenvalue weighted by Gasteiger charge is -2.36. The average Bonchev–Trinajstić information content (AvgIpc) is 3.57. The molecule has 228 valence electrons. The summed E-state index contributed by atoms with van der Waals surface area (Å²) >= 11 is 12.5. The predicted molar refractivity (Wildman–Crippen MR) is 153 cm³/mol. The number of anilines is 2. The number of amides is 2. The Morgan fingerprint density at radius 2 is 1.77 bits per heavy atom. The summed E-state index contributed by atoms with van der Waals surface area (Å²) in [4.78, 5) is 42.9. The molecule has 0 fully saturated rings. The Hall–Kier alpha value is -4.56. The molecule has 2 aromatic heterocycles. The first-order chi connectivity index (χ1) is 20.8. The van der Waals surface area contributed by atoms with Crippen LogP contribution >= 0.6 is 23.2 Å². The average molecular weight is 649 g/mol. The quantitative estimate of drug-likeness (QED) is 0.270. The maximum absolute atomic E-state index is 14.4. The van der Waals surface area contributed by atoms with Gasteiger partial charge in [-0.05, 0) is 44.2 Å². The topological polar surface area (TPSA) is 121 Å². The summed E-state index contributed by atoms with van der Waals surface area (Å²) in [7, 11) is 2.79. The number of nitrogens with one attached hydrogen (secondary N) is 1. The number of imidazole rings is 1. The zero-order chi connectivity index (χ0) is 31.7. The van der Waals surface area contributed by atoms with Crippen LogP contribution in [0.5, 0.6) is 17.6 Å². The number of carbonyl (C=O) groups excluding carboxylic acids is 2. The van der Waals surface area contributed by atoms with Gasteiger partial charge in [0.05, 0.1) is 30.5 Å². The van der Waals surface area contributed by atoms with Gasteiger partial charge in [0.2, 0.25) is 5.88 Å². The van der Waals surface area contributed by atoms with Crippen LogP contribution in [0.4, 0.5) is 24.5 Å². The van der Waals surface area contributed by atoms with Crippen molar-refractivity contribution in [2.45, 2.75) is 31.8 Å². The van der Waals surface area contributed by atoms with Crippen LogP contribution in [0.3, 0.4) is 0 Å². The zero-order valence-electron chi connectivity index (χ0n) is 23.3. The highest BCUT2D eigenvalue weighted by Gasteiger charge is 2.64. The molecule has 6 rings (SSSR count). The van der Waals surface area contributed by atoms with Crippen molar-refractivity contribution >= 4 is 46.4 Å². The van der Waals surface area contributed by atoms with Crippen molar-refractivity contribution in [1.29, 1.82) is 0 Å². The molecule has 1 spiro atoms. The largest absolute Gasteiger partial charge is 0.573 e. The SMILES string of the molecule is COc1ncc(-c2nc3c(n2C(C)C)[C@@]2(C(=O)Nc4cc(Cl)ccc42)N(c2ccc(OC(F)(F)F)c(Cl)c2)C3=O)c(OC)n1. The van der Waals surface area contributed by atoms with Crippen molar-refractivity contribution in [3.8, 4) is 29.0 Å². The Labute approximate surface area is 257 Å². The highest BCUT2D eigenvalue weighted by Crippen LogP contribution is 2.55. The first-order valence-electron chi connectivity index (χ1n) is 12.9. The van der Waals surface area contributed by atoms with Gasteiger partial charge >= 0.3 is 12.4 Å². The van der Waals surface area contributed by atoms with E-state index in [9.17, 15) is 22.8 Å². The summed E-state index contributed by atoms with van der Waals surface area (Å²) in [5.74, 6) is -1.68. The lowest BCUT2D eigenvalue weighted by atomic mass is 9.87. The number of ether oxygens (including phenoxy) is 3. The molecule has 2 aliphatic heterocycles. The van der Waals surface area contributed by atoms with Crippen molar-refractivity contribution in [3.63, 3.8) is 0 Å². The second kappa shape index (κ2) is 10.3. The smallest absolute Gasteiger partial charge is 0.480 e. The molecule has 11 nitrogen and oxygen atoms in total. The van der Waals surface area contributed by atoms with Gasteiger partial charge in [0.25, 0.3) is 11.8 Å². The number of aromatic nitrogens is 4. The molecule has 1 atom stereocenters. The van der Waals surface area contributed by atoms with Crippen molar-refractivity contribution in [2.75, 3.05) is 24.4 Å². The van der Waals surface area contributed by atoms with E-state index in [-0.39, 0.29) is 34.8 Å². The summed E-state index contributed by atoms with van der Waals surface area (Å²) in [5.41, 5.74) is -0.730. The second-order valence-corrected chi connectivity index (χ2v) is 10.9. The molecule has 2 aromatic carbocycles. The summed E-state index contributed by atoms with van der Waals surface area (Å²) in [6, 6.07) is 7.64. The van der Waals surface area contributed by atoms with Gasteiger partial charge in [0.1, 0.15) is 11.6 Å². The van der Waals surface area contributed by atoms with E-state index >= 15 is 0 Å². The Balaban J connectivity index is 1.65. The van der Waals surface area contributed by atoms with Crippen LogP contribution < -0.4 is 24.4 Å². The molecule has 0 bridgehead atoms. The Morgan fingerprint density at radius 3 is 2.41 bits per heavy atom. The van der Waals surface area contributed by atoms with Gasteiger partial charge in [-0.15, -0.1) is 13.2 Å². The fraction of sp³-hybridized carbons (Fsp3) is 0.250. The molecule has 0 radical (unpaired) electrons. The molecular formula is C28H21Cl2F3N6O5. The molecule has 2 aliphatic rings. The highest BCUT2D eigenvalue weighted by molar-refractivity contribution is 6.33. The van der Waals surface area contributed by atoms with E-state index in [0.717, 1.165) is 17.0 Å². The van der Waals surface area contributed by atoms with Crippen LogP contribution in [-0.2, 0) is 10.3 Å². The van der Waals surface area contributed by atoms with Crippen molar-refractivity contribution < 1.29 is 37.0 Å². The number of benzene rings is 2. The molecule has 1 N–H and O–H groups in total. The van der Waals surface area contributed by atoms with E-state index in [4.69, 9.17) is 37.7 Å². The van der Waals surface area contributed by atoms with Crippen LogP contribution in [0.15, 0.2) is 42.6 Å². The second-order valence-electron chi connectivity index (χ2n) is 10.0. The van der Waals surface area contributed by atoms with Crippen molar-refractivity contribution in [3.05, 3.63) is 69.6 Å². The maximum Gasteiger partial charge on any atom is 0.573 e. The van der Waals surface area contributed by atoms with Gasteiger partial charge in [0.15, 0.2) is 11.2 Å². The van der Waals surface area contributed by atoms with Gasteiger partial charge in [0, 0.05) is 34.2 Å². The fourth-order valence-electron chi connectivity index (χ4n) is 5.62. The number of methoxy groups -OCH3 is 2. The molecule has 0 saturated carbocycles. The van der Waals surface area contributed by atoms with Crippen LogP contribution in [0.25, 0.3) is 11.4 Å².